The van der Waals surface area contributed by atoms with Gasteiger partial charge in [0.1, 0.15) is 5.02 Å². The lowest BCUT2D eigenvalue weighted by molar-refractivity contribution is -0.384. The number of amides is 1. The molecule has 0 radical (unpaired) electrons. The quantitative estimate of drug-likeness (QED) is 0.271. The molecule has 3 aromatic rings. The molecular formula is C27H28ClN3O6S2. The minimum absolute atomic E-state index is 0.0307. The lowest BCUT2D eigenvalue weighted by atomic mass is 9.90. The number of aryl methyl sites for hydroxylation is 1. The van der Waals surface area contributed by atoms with Gasteiger partial charge in [0.25, 0.3) is 5.69 Å². The monoisotopic (exact) mass is 589 g/mol. The van der Waals surface area contributed by atoms with Gasteiger partial charge in [-0.1, -0.05) is 35.9 Å². The van der Waals surface area contributed by atoms with Gasteiger partial charge in [0.05, 0.1) is 28.5 Å². The van der Waals surface area contributed by atoms with Gasteiger partial charge in [-0.05, 0) is 66.5 Å². The maximum atomic E-state index is 14.0. The van der Waals surface area contributed by atoms with Crippen LogP contribution in [0.2, 0.25) is 5.02 Å². The van der Waals surface area contributed by atoms with Crippen LogP contribution in [-0.2, 0) is 26.0 Å². The average Bonchev–Trinajstić information content (AvgIpc) is 3.60. The van der Waals surface area contributed by atoms with Crippen molar-refractivity contribution >= 4 is 44.6 Å². The molecule has 1 aromatic heterocycles. The van der Waals surface area contributed by atoms with E-state index in [9.17, 15) is 23.3 Å². The molecule has 2 aromatic carbocycles. The van der Waals surface area contributed by atoms with E-state index in [1.807, 2.05) is 42.6 Å². The topological polar surface area (TPSA) is 110 Å². The number of nitrogens with zero attached hydrogens (tertiary/aromatic N) is 3. The number of ether oxygens (including phenoxy) is 1. The van der Waals surface area contributed by atoms with Crippen molar-refractivity contribution in [3.8, 4) is 0 Å². The van der Waals surface area contributed by atoms with Crippen LogP contribution in [0.15, 0.2) is 58.8 Å². The maximum Gasteiger partial charge on any atom is 0.289 e. The minimum Gasteiger partial charge on any atom is -0.377 e. The highest BCUT2D eigenvalue weighted by Crippen LogP contribution is 2.39. The van der Waals surface area contributed by atoms with Gasteiger partial charge in [0.2, 0.25) is 15.9 Å². The number of sulfonamides is 1. The van der Waals surface area contributed by atoms with E-state index in [1.165, 1.54) is 17.0 Å². The van der Waals surface area contributed by atoms with E-state index in [1.54, 1.807) is 16.2 Å². The third kappa shape index (κ3) is 5.59. The van der Waals surface area contributed by atoms with E-state index in [-0.39, 0.29) is 34.5 Å². The molecule has 0 N–H and O–H groups in total. The van der Waals surface area contributed by atoms with Crippen LogP contribution in [-0.4, -0.2) is 60.8 Å². The second-order valence-electron chi connectivity index (χ2n) is 9.70. The van der Waals surface area contributed by atoms with Crippen molar-refractivity contribution < 1.29 is 22.9 Å². The van der Waals surface area contributed by atoms with Crippen LogP contribution < -0.4 is 0 Å². The molecule has 2 atom stereocenters. The average molecular weight is 590 g/mol. The fourth-order valence-electron chi connectivity index (χ4n) is 5.26. The highest BCUT2D eigenvalue weighted by Gasteiger charge is 2.37. The number of hydrogen-bond donors (Lipinski definition) is 0. The second-order valence-corrected chi connectivity index (χ2v) is 13.0. The van der Waals surface area contributed by atoms with Gasteiger partial charge in [-0.2, -0.15) is 4.31 Å². The molecule has 2 aliphatic heterocycles. The van der Waals surface area contributed by atoms with Gasteiger partial charge < -0.3 is 9.64 Å². The van der Waals surface area contributed by atoms with E-state index >= 15 is 0 Å². The lowest BCUT2D eigenvalue weighted by Crippen LogP contribution is -2.48. The molecular weight excluding hydrogens is 562 g/mol. The Morgan fingerprint density at radius 1 is 1.23 bits per heavy atom. The van der Waals surface area contributed by atoms with Crippen LogP contribution >= 0.6 is 22.9 Å². The van der Waals surface area contributed by atoms with Crippen molar-refractivity contribution in [3.05, 3.63) is 90.6 Å². The number of nitro groups is 1. The normalized spacial score (nSPS) is 19.3. The number of hydrogen-bond acceptors (Lipinski definition) is 7. The highest BCUT2D eigenvalue weighted by molar-refractivity contribution is 7.89. The van der Waals surface area contributed by atoms with Gasteiger partial charge in [0, 0.05) is 30.6 Å². The predicted octanol–water partition coefficient (Wildman–Crippen LogP) is 4.96. The van der Waals surface area contributed by atoms with Crippen molar-refractivity contribution in [2.24, 2.45) is 0 Å². The van der Waals surface area contributed by atoms with Gasteiger partial charge in [-0.15, -0.1) is 11.3 Å². The van der Waals surface area contributed by atoms with Gasteiger partial charge >= 0.3 is 0 Å². The second kappa shape index (κ2) is 11.3. The number of thiophene rings is 1. The summed E-state index contributed by atoms with van der Waals surface area (Å²) in [4.78, 5) is 27.4. The number of fused-ring (bicyclic) bond motifs is 1. The molecule has 9 nitrogen and oxygen atoms in total. The number of carbonyl (C=O) groups is 1. The fourth-order valence-corrected chi connectivity index (χ4v) is 7.79. The van der Waals surface area contributed by atoms with Crippen molar-refractivity contribution in [3.63, 3.8) is 0 Å². The molecule has 0 saturated carbocycles. The van der Waals surface area contributed by atoms with Crippen LogP contribution in [0.25, 0.3) is 0 Å². The van der Waals surface area contributed by atoms with E-state index < -0.39 is 27.2 Å². The zero-order valence-electron chi connectivity index (χ0n) is 21.3. The van der Waals surface area contributed by atoms with Crippen LogP contribution in [0.4, 0.5) is 5.69 Å². The van der Waals surface area contributed by atoms with E-state index in [2.05, 4.69) is 0 Å². The number of benzene rings is 2. The lowest BCUT2D eigenvalue weighted by Gasteiger charge is -2.38. The molecule has 0 aliphatic carbocycles. The third-order valence-electron chi connectivity index (χ3n) is 7.26. The van der Waals surface area contributed by atoms with Crippen molar-refractivity contribution in [1.29, 1.82) is 0 Å². The Hall–Kier alpha value is -2.83. The first-order chi connectivity index (χ1) is 18.7. The Balaban J connectivity index is 1.50. The molecule has 2 aliphatic rings. The number of rotatable bonds is 8. The first kappa shape index (κ1) is 27.7. The maximum absolute atomic E-state index is 14.0. The molecule has 206 valence electrons. The minimum atomic E-state index is -4.29. The first-order valence-corrected chi connectivity index (χ1v) is 15.3. The van der Waals surface area contributed by atoms with Crippen LogP contribution in [0.3, 0.4) is 0 Å². The zero-order chi connectivity index (χ0) is 27.7. The summed E-state index contributed by atoms with van der Waals surface area (Å²) in [6.07, 6.45) is 1.77. The summed E-state index contributed by atoms with van der Waals surface area (Å²) < 4.78 is 34.4. The molecule has 0 spiro atoms. The van der Waals surface area contributed by atoms with E-state index in [4.69, 9.17) is 16.3 Å². The summed E-state index contributed by atoms with van der Waals surface area (Å²) in [7, 11) is -4.29. The summed E-state index contributed by atoms with van der Waals surface area (Å²) in [6, 6.07) is 12.9. The highest BCUT2D eigenvalue weighted by atomic mass is 35.5. The van der Waals surface area contributed by atoms with Crippen molar-refractivity contribution in [2.75, 3.05) is 26.2 Å². The van der Waals surface area contributed by atoms with Gasteiger partial charge in [-0.3, -0.25) is 14.9 Å². The van der Waals surface area contributed by atoms with Crippen LogP contribution in [0, 0.1) is 17.0 Å². The van der Waals surface area contributed by atoms with E-state index in [0.29, 0.717) is 26.0 Å². The van der Waals surface area contributed by atoms with Gasteiger partial charge in [-0.25, -0.2) is 8.42 Å². The van der Waals surface area contributed by atoms with Gasteiger partial charge in [0.15, 0.2) is 0 Å². The molecule has 5 rings (SSSR count). The summed E-state index contributed by atoms with van der Waals surface area (Å²) in [6.45, 7) is 2.52. The smallest absolute Gasteiger partial charge is 0.289 e. The number of halogens is 1. The molecule has 1 fully saturated rings. The van der Waals surface area contributed by atoms with Crippen molar-refractivity contribution in [2.45, 2.75) is 43.2 Å². The molecule has 0 bridgehead atoms. The van der Waals surface area contributed by atoms with E-state index in [0.717, 1.165) is 33.5 Å². The third-order valence-corrected chi connectivity index (χ3v) is 10.4. The molecule has 39 heavy (non-hydrogen) atoms. The first-order valence-electron chi connectivity index (χ1n) is 12.6. The molecule has 12 heteroatoms. The summed E-state index contributed by atoms with van der Waals surface area (Å²) in [5, 5.41) is 13.3. The zero-order valence-corrected chi connectivity index (χ0v) is 23.7. The molecule has 1 amide bonds. The van der Waals surface area contributed by atoms with Crippen LogP contribution in [0.1, 0.15) is 40.5 Å². The largest absolute Gasteiger partial charge is 0.377 e. The summed E-state index contributed by atoms with van der Waals surface area (Å²) in [5.41, 5.74) is 2.57. The Labute approximate surface area is 236 Å². The summed E-state index contributed by atoms with van der Waals surface area (Å²) in [5.74, 6) is -0.342. The Bertz CT molecular complexity index is 1500. The Kier molecular flexibility index (Phi) is 8.06. The molecule has 2 unspecified atom stereocenters. The fraction of sp³-hybridized carbons (Fsp3) is 0.370. The Morgan fingerprint density at radius 3 is 2.74 bits per heavy atom. The number of carbonyl (C=O) groups excluding carboxylic acids is 1. The SMILES string of the molecule is Cc1ccccc1C1c2ccsc2CCN1C(=O)CN(CC1CCCO1)S(=O)(=O)c1ccc(Cl)c([N+](=O)[O-])c1. The van der Waals surface area contributed by atoms with Crippen molar-refractivity contribution in [1.82, 2.24) is 9.21 Å². The standard InChI is InChI=1S/C27H28ClN3O6S2/c1-18-5-2-3-7-21(18)27-22-11-14-38-25(22)10-12-30(27)26(32)17-29(16-19-6-4-13-37-19)39(35,36)20-8-9-23(28)24(15-20)31(33)34/h2-3,5,7-9,11,14-15,19,27H,4,6,10,12-13,16-17H2,1H3. The van der Waals surface area contributed by atoms with Crippen LogP contribution in [0.5, 0.6) is 0 Å². The summed E-state index contributed by atoms with van der Waals surface area (Å²) >= 11 is 7.59. The molecule has 1 saturated heterocycles. The Morgan fingerprint density at radius 2 is 2.03 bits per heavy atom. The predicted molar refractivity (Wildman–Crippen MR) is 149 cm³/mol. The molecule has 3 heterocycles. The number of nitro benzene ring substituents is 1.